The molecule has 2 aliphatic carbocycles. The minimum atomic E-state index is 0.0376. The monoisotopic (exact) mass is 730 g/mol. The van der Waals surface area contributed by atoms with Crippen molar-refractivity contribution < 1.29 is 0 Å². The van der Waals surface area contributed by atoms with E-state index >= 15 is 0 Å². The van der Waals surface area contributed by atoms with E-state index in [9.17, 15) is 0 Å². The van der Waals surface area contributed by atoms with E-state index in [2.05, 4.69) is 121 Å². The molecule has 2 heteroatoms. The first kappa shape index (κ1) is 28.6. The van der Waals surface area contributed by atoms with Crippen LogP contribution in [0.2, 0.25) is 0 Å². The Morgan fingerprint density at radius 1 is 0.500 bits per heavy atom. The van der Waals surface area contributed by atoms with Crippen molar-refractivity contribution in [2.24, 2.45) is 0 Å². The zero-order valence-electron chi connectivity index (χ0n) is 23.9. The Morgan fingerprint density at radius 3 is 1.55 bits per heavy atom. The van der Waals surface area contributed by atoms with Crippen molar-refractivity contribution in [1.29, 1.82) is 0 Å². The average molecular weight is 731 g/mol. The van der Waals surface area contributed by atoms with Gasteiger partial charge in [0, 0.05) is 18.0 Å². The fraction of sp³-hybridized carbons (Fsp3) is 0.500. The maximum atomic E-state index is 2.66. The Labute approximate surface area is 259 Å². The van der Waals surface area contributed by atoms with Crippen LogP contribution >= 0.6 is 45.2 Å². The molecule has 0 heterocycles. The Morgan fingerprint density at radius 2 is 0.921 bits per heavy atom. The smallest absolute Gasteiger partial charge is 0.0215 e. The molecule has 0 fully saturated rings. The van der Waals surface area contributed by atoms with Gasteiger partial charge in [0.2, 0.25) is 0 Å². The Bertz CT molecular complexity index is 1300. The molecular weight excluding hydrogens is 686 g/mol. The SMILES string of the molecule is CCCCCCCCC1(CCCCCC)c2cc(I)ccc2-c2cc3c(cc21)-c1ccc(I)cc1C3(C)C. The van der Waals surface area contributed by atoms with Crippen molar-refractivity contribution in [1.82, 2.24) is 0 Å². The highest BCUT2D eigenvalue weighted by Crippen LogP contribution is 2.59. The lowest BCUT2D eigenvalue weighted by molar-refractivity contribution is 0.399. The molecule has 0 amide bonds. The average Bonchev–Trinajstić information content (AvgIpc) is 3.28. The third-order valence-corrected chi connectivity index (χ3v) is 10.8. The van der Waals surface area contributed by atoms with Gasteiger partial charge in [-0.3, -0.25) is 0 Å². The molecule has 202 valence electrons. The molecule has 3 aromatic carbocycles. The van der Waals surface area contributed by atoms with Crippen LogP contribution in [-0.2, 0) is 10.8 Å². The number of benzene rings is 3. The largest absolute Gasteiger partial charge is 0.0654 e. The molecule has 1 unspecified atom stereocenters. The maximum absolute atomic E-state index is 2.66. The minimum absolute atomic E-state index is 0.0376. The summed E-state index contributed by atoms with van der Waals surface area (Å²) in [5, 5.41) is 0. The fourth-order valence-electron chi connectivity index (χ4n) is 7.39. The van der Waals surface area contributed by atoms with Gasteiger partial charge in [-0.15, -0.1) is 0 Å². The van der Waals surface area contributed by atoms with E-state index in [1.54, 1.807) is 11.1 Å². The van der Waals surface area contributed by atoms with Gasteiger partial charge < -0.3 is 0 Å². The third kappa shape index (κ3) is 5.15. The van der Waals surface area contributed by atoms with Crippen LogP contribution < -0.4 is 0 Å². The minimum Gasteiger partial charge on any atom is -0.0654 e. The van der Waals surface area contributed by atoms with Crippen LogP contribution in [0.15, 0.2) is 48.5 Å². The van der Waals surface area contributed by atoms with Gasteiger partial charge in [-0.2, -0.15) is 0 Å². The zero-order chi connectivity index (χ0) is 26.9. The van der Waals surface area contributed by atoms with E-state index < -0.39 is 0 Å². The van der Waals surface area contributed by atoms with Gasteiger partial charge in [-0.25, -0.2) is 0 Å². The summed E-state index contributed by atoms with van der Waals surface area (Å²) in [5.74, 6) is 0. The van der Waals surface area contributed by atoms with Crippen molar-refractivity contribution in [2.45, 2.75) is 116 Å². The molecule has 38 heavy (non-hydrogen) atoms. The molecule has 0 bridgehead atoms. The van der Waals surface area contributed by atoms with Crippen LogP contribution in [0.3, 0.4) is 0 Å². The van der Waals surface area contributed by atoms with Gasteiger partial charge in [0.05, 0.1) is 0 Å². The summed E-state index contributed by atoms with van der Waals surface area (Å²) in [6.45, 7) is 9.51. The lowest BCUT2D eigenvalue weighted by Gasteiger charge is -2.33. The summed E-state index contributed by atoms with van der Waals surface area (Å²) in [6.07, 6.45) is 16.1. The molecule has 0 nitrogen and oxygen atoms in total. The first-order valence-electron chi connectivity index (χ1n) is 15.1. The van der Waals surface area contributed by atoms with Gasteiger partial charge in [0.15, 0.2) is 0 Å². The lowest BCUT2D eigenvalue weighted by atomic mass is 9.70. The summed E-state index contributed by atoms with van der Waals surface area (Å²) in [7, 11) is 0. The number of hydrogen-bond donors (Lipinski definition) is 0. The van der Waals surface area contributed by atoms with E-state index in [-0.39, 0.29) is 10.8 Å². The molecule has 0 aromatic heterocycles. The molecule has 5 rings (SSSR count). The van der Waals surface area contributed by atoms with E-state index in [1.165, 1.54) is 118 Å². The Kier molecular flexibility index (Phi) is 8.99. The molecule has 0 saturated heterocycles. The summed E-state index contributed by atoms with van der Waals surface area (Å²) >= 11 is 5.02. The fourth-order valence-corrected chi connectivity index (χ4v) is 8.37. The van der Waals surface area contributed by atoms with Gasteiger partial charge in [0.1, 0.15) is 0 Å². The molecule has 1 atom stereocenters. The van der Waals surface area contributed by atoms with Gasteiger partial charge in [-0.1, -0.05) is 104 Å². The van der Waals surface area contributed by atoms with E-state index in [0.717, 1.165) is 0 Å². The predicted molar refractivity (Wildman–Crippen MR) is 182 cm³/mol. The van der Waals surface area contributed by atoms with E-state index in [0.29, 0.717) is 0 Å². The predicted octanol–water partition coefficient (Wildman–Crippen LogP) is 12.2. The molecule has 0 spiro atoms. The van der Waals surface area contributed by atoms with Crippen LogP contribution in [-0.4, -0.2) is 0 Å². The quantitative estimate of drug-likeness (QED) is 0.129. The molecule has 2 aliphatic rings. The molecule has 0 radical (unpaired) electrons. The third-order valence-electron chi connectivity index (χ3n) is 9.49. The van der Waals surface area contributed by atoms with Gasteiger partial charge in [0.25, 0.3) is 0 Å². The lowest BCUT2D eigenvalue weighted by Crippen LogP contribution is -2.26. The van der Waals surface area contributed by atoms with Crippen molar-refractivity contribution in [3.05, 3.63) is 77.9 Å². The van der Waals surface area contributed by atoms with E-state index in [4.69, 9.17) is 0 Å². The summed E-state index contributed by atoms with van der Waals surface area (Å²) in [4.78, 5) is 0. The first-order valence-corrected chi connectivity index (χ1v) is 17.3. The van der Waals surface area contributed by atoms with E-state index in [1.807, 2.05) is 0 Å². The molecule has 3 aromatic rings. The molecule has 0 aliphatic heterocycles. The molecule has 0 saturated carbocycles. The second-order valence-corrected chi connectivity index (χ2v) is 14.8. The zero-order valence-corrected chi connectivity index (χ0v) is 28.2. The number of hydrogen-bond acceptors (Lipinski definition) is 0. The highest BCUT2D eigenvalue weighted by Gasteiger charge is 2.45. The van der Waals surface area contributed by atoms with Crippen molar-refractivity contribution in [3.8, 4) is 22.3 Å². The molecular formula is C36H44I2. The van der Waals surface area contributed by atoms with Crippen LogP contribution in [0.25, 0.3) is 22.3 Å². The van der Waals surface area contributed by atoms with Crippen LogP contribution in [0.4, 0.5) is 0 Å². The Hall–Kier alpha value is -0.880. The summed E-state index contributed by atoms with van der Waals surface area (Å²) in [5.41, 5.74) is 12.4. The van der Waals surface area contributed by atoms with Gasteiger partial charge in [-0.05, 0) is 139 Å². The summed E-state index contributed by atoms with van der Waals surface area (Å²) < 4.78 is 2.71. The highest BCUT2D eigenvalue weighted by molar-refractivity contribution is 14.1. The van der Waals surface area contributed by atoms with Gasteiger partial charge >= 0.3 is 0 Å². The standard InChI is InChI=1S/C36H44I2/c1-5-7-9-11-12-14-20-36(19-13-10-8-6-2)33-22-26(38)16-18-28(33)30-23-32-29(24-34(30)36)27-17-15-25(37)21-31(27)35(32,3)4/h15-18,21-24H,5-14,19-20H2,1-4H3. The van der Waals surface area contributed by atoms with Crippen LogP contribution in [0.5, 0.6) is 0 Å². The Balaban J connectivity index is 1.63. The first-order chi connectivity index (χ1) is 18.3. The van der Waals surface area contributed by atoms with Crippen LogP contribution in [0, 0.1) is 7.14 Å². The highest BCUT2D eigenvalue weighted by atomic mass is 127. The van der Waals surface area contributed by atoms with Crippen molar-refractivity contribution in [3.63, 3.8) is 0 Å². The summed E-state index contributed by atoms with van der Waals surface area (Å²) in [6, 6.07) is 19.7. The number of rotatable bonds is 12. The second-order valence-electron chi connectivity index (χ2n) is 12.4. The maximum Gasteiger partial charge on any atom is 0.0215 e. The normalized spacial score (nSPS) is 18.3. The number of unbranched alkanes of at least 4 members (excludes halogenated alkanes) is 8. The number of fused-ring (bicyclic) bond motifs is 6. The van der Waals surface area contributed by atoms with Crippen molar-refractivity contribution in [2.75, 3.05) is 0 Å². The van der Waals surface area contributed by atoms with Crippen molar-refractivity contribution >= 4 is 45.2 Å². The number of halogens is 2. The topological polar surface area (TPSA) is 0 Å². The molecule has 0 N–H and O–H groups in total. The van der Waals surface area contributed by atoms with Crippen LogP contribution in [0.1, 0.15) is 127 Å². The second kappa shape index (κ2) is 11.9.